The van der Waals surface area contributed by atoms with Crippen LogP contribution in [0.1, 0.15) is 18.6 Å². The molecule has 1 aromatic heterocycles. The summed E-state index contributed by atoms with van der Waals surface area (Å²) in [4.78, 5) is 10.8. The molecule has 1 radical (unpaired) electrons. The molecular formula is C14H12B2Cl3FN3O3. The summed E-state index contributed by atoms with van der Waals surface area (Å²) in [5.41, 5.74) is 0.232. The van der Waals surface area contributed by atoms with Crippen LogP contribution in [0.2, 0.25) is 22.0 Å². The number of aromatic nitrogens is 2. The molecule has 0 aliphatic rings. The topological polar surface area (TPSA) is 75.5 Å². The molecule has 0 saturated heterocycles. The smallest absolute Gasteiger partial charge is 0.397 e. The molecule has 0 spiro atoms. The van der Waals surface area contributed by atoms with E-state index in [1.165, 1.54) is 19.0 Å². The molecule has 0 aliphatic heterocycles. The van der Waals surface area contributed by atoms with Gasteiger partial charge in [0.2, 0.25) is 0 Å². The van der Waals surface area contributed by atoms with E-state index in [1.54, 1.807) is 6.92 Å². The zero-order valence-corrected chi connectivity index (χ0v) is 15.9. The van der Waals surface area contributed by atoms with Crippen LogP contribution in [0, 0.1) is 5.82 Å². The van der Waals surface area contributed by atoms with E-state index >= 15 is 0 Å². The van der Waals surface area contributed by atoms with Crippen LogP contribution in [0.25, 0.3) is 0 Å². The maximum absolute atomic E-state index is 13.8. The van der Waals surface area contributed by atoms with Crippen LogP contribution in [0.15, 0.2) is 18.2 Å². The van der Waals surface area contributed by atoms with Crippen LogP contribution in [0.4, 0.5) is 10.2 Å². The van der Waals surface area contributed by atoms with Crippen molar-refractivity contribution in [3.05, 3.63) is 44.8 Å². The molecule has 6 nitrogen and oxygen atoms in total. The molecule has 1 aromatic carbocycles. The second kappa shape index (κ2) is 8.90. The highest BCUT2D eigenvalue weighted by molar-refractivity contribution is 6.82. The molecule has 1 N–H and O–H groups in total. The van der Waals surface area contributed by atoms with Crippen molar-refractivity contribution in [2.24, 2.45) is 0 Å². The minimum Gasteiger partial charge on any atom is -0.482 e. The Bertz CT molecular complexity index is 816. The standard InChI is InChI=1S/C14H12B2Cl3FN3O3/c1-7(12-8(17)3-4-9(20)13(12)19)26-10-5-11(18)21-22-14(10)23(15-6-24)16(2)25/h3-7,25H,1-2H3/t7-/m0/s1. The highest BCUT2D eigenvalue weighted by Gasteiger charge is 2.26. The first kappa shape index (κ1) is 20.8. The van der Waals surface area contributed by atoms with Crippen LogP contribution in [0.5, 0.6) is 5.75 Å². The third-order valence-electron chi connectivity index (χ3n) is 3.37. The van der Waals surface area contributed by atoms with E-state index in [4.69, 9.17) is 39.5 Å². The molecule has 2 aromatic rings. The first-order chi connectivity index (χ1) is 12.3. The summed E-state index contributed by atoms with van der Waals surface area (Å²) in [5, 5.41) is 17.5. The van der Waals surface area contributed by atoms with Gasteiger partial charge in [-0.1, -0.05) is 34.8 Å². The third-order valence-corrected chi connectivity index (χ3v) is 4.27. The fourth-order valence-corrected chi connectivity index (χ4v) is 3.03. The quantitative estimate of drug-likeness (QED) is 0.423. The number of nitrogens with zero attached hydrogens (tertiary/aromatic N) is 3. The van der Waals surface area contributed by atoms with E-state index < -0.39 is 19.0 Å². The Balaban J connectivity index is 2.45. The van der Waals surface area contributed by atoms with Gasteiger partial charge >= 0.3 is 14.5 Å². The van der Waals surface area contributed by atoms with Crippen LogP contribution < -0.4 is 9.46 Å². The van der Waals surface area contributed by atoms with Crippen molar-refractivity contribution in [3.63, 3.8) is 0 Å². The van der Waals surface area contributed by atoms with E-state index in [2.05, 4.69) is 10.2 Å². The van der Waals surface area contributed by atoms with E-state index in [-0.39, 0.29) is 32.3 Å². The summed E-state index contributed by atoms with van der Waals surface area (Å²) in [6.45, 7) is 3.02. The van der Waals surface area contributed by atoms with Crippen LogP contribution in [-0.2, 0) is 4.79 Å². The van der Waals surface area contributed by atoms with E-state index in [9.17, 15) is 14.2 Å². The van der Waals surface area contributed by atoms with Gasteiger partial charge in [0.1, 0.15) is 18.1 Å². The number of carbonyl (C=O) groups is 1. The second-order valence-corrected chi connectivity index (χ2v) is 6.37. The lowest BCUT2D eigenvalue weighted by Gasteiger charge is -2.25. The summed E-state index contributed by atoms with van der Waals surface area (Å²) in [7, 11) is -0.0444. The fourth-order valence-electron chi connectivity index (χ4n) is 2.21. The molecule has 0 amide bonds. The molecule has 1 heterocycles. The zero-order valence-electron chi connectivity index (χ0n) is 13.7. The number of anilines is 1. The van der Waals surface area contributed by atoms with Crippen molar-refractivity contribution in [1.29, 1.82) is 0 Å². The first-order valence-electron chi connectivity index (χ1n) is 7.34. The summed E-state index contributed by atoms with van der Waals surface area (Å²) >= 11 is 18.0. The average Bonchev–Trinajstić information content (AvgIpc) is 2.57. The van der Waals surface area contributed by atoms with Gasteiger partial charge in [0, 0.05) is 16.7 Å². The van der Waals surface area contributed by atoms with Gasteiger partial charge in [-0.2, -0.15) is 0 Å². The normalized spacial score (nSPS) is 11.7. The summed E-state index contributed by atoms with van der Waals surface area (Å²) in [6, 6.07) is 3.85. The molecule has 0 bridgehead atoms. The molecule has 2 rings (SSSR count). The van der Waals surface area contributed by atoms with Gasteiger partial charge < -0.3 is 19.3 Å². The fraction of sp³-hybridized carbons (Fsp3) is 0.214. The molecule has 135 valence electrons. The number of carbonyl (C=O) groups excluding carboxylic acids is 1. The van der Waals surface area contributed by atoms with Crippen LogP contribution in [-0.4, -0.2) is 35.9 Å². The van der Waals surface area contributed by atoms with Crippen molar-refractivity contribution < 1.29 is 18.9 Å². The van der Waals surface area contributed by atoms with Crippen molar-refractivity contribution in [1.82, 2.24) is 10.2 Å². The molecule has 12 heteroatoms. The first-order valence-corrected chi connectivity index (χ1v) is 8.48. The largest absolute Gasteiger partial charge is 0.482 e. The van der Waals surface area contributed by atoms with Crippen molar-refractivity contribution in [2.45, 2.75) is 19.9 Å². The van der Waals surface area contributed by atoms with Crippen molar-refractivity contribution in [2.75, 3.05) is 4.72 Å². The summed E-state index contributed by atoms with van der Waals surface area (Å²) < 4.78 is 20.7. The molecule has 0 unspecified atom stereocenters. The minimum atomic E-state index is -1.10. The Morgan fingerprint density at radius 3 is 2.69 bits per heavy atom. The van der Waals surface area contributed by atoms with Gasteiger partial charge in [-0.25, -0.2) is 4.39 Å². The number of benzene rings is 1. The lowest BCUT2D eigenvalue weighted by atomic mass is 9.74. The number of rotatable bonds is 7. The van der Waals surface area contributed by atoms with Crippen molar-refractivity contribution in [3.8, 4) is 5.75 Å². The third kappa shape index (κ3) is 4.59. The van der Waals surface area contributed by atoms with Gasteiger partial charge in [0.05, 0.1) is 5.02 Å². The van der Waals surface area contributed by atoms with Gasteiger partial charge in [0.25, 0.3) is 0 Å². The molecule has 1 atom stereocenters. The Hall–Kier alpha value is -1.54. The zero-order chi connectivity index (χ0) is 19.4. The van der Waals surface area contributed by atoms with E-state index in [0.717, 1.165) is 18.2 Å². The maximum Gasteiger partial charge on any atom is 0.397 e. The Labute approximate surface area is 165 Å². The van der Waals surface area contributed by atoms with E-state index in [0.29, 0.717) is 6.19 Å². The number of ether oxygens (including phenoxy) is 1. The molecular weight excluding hydrogens is 405 g/mol. The van der Waals surface area contributed by atoms with Crippen LogP contribution in [0.3, 0.4) is 0 Å². The predicted octanol–water partition coefficient (Wildman–Crippen LogP) is 3.44. The van der Waals surface area contributed by atoms with Gasteiger partial charge in [-0.15, -0.1) is 10.2 Å². The predicted molar refractivity (Wildman–Crippen MR) is 101 cm³/mol. The van der Waals surface area contributed by atoms with Gasteiger partial charge in [-0.05, 0) is 25.9 Å². The molecule has 26 heavy (non-hydrogen) atoms. The maximum atomic E-state index is 13.8. The summed E-state index contributed by atoms with van der Waals surface area (Å²) in [5.74, 6) is -0.521. The Morgan fingerprint density at radius 2 is 2.08 bits per heavy atom. The highest BCUT2D eigenvalue weighted by Crippen LogP contribution is 2.37. The van der Waals surface area contributed by atoms with Gasteiger partial charge in [0.15, 0.2) is 16.7 Å². The average molecular weight is 417 g/mol. The Morgan fingerprint density at radius 1 is 1.38 bits per heavy atom. The monoisotopic (exact) mass is 416 g/mol. The minimum absolute atomic E-state index is 0.0176. The number of hydrogen-bond acceptors (Lipinski definition) is 6. The SMILES string of the molecule is CB(O)N([B]C=O)c1nnc(Cl)cc1O[C@@H](C)c1c(Cl)ccc(F)c1Cl. The Kier molecular flexibility index (Phi) is 7.11. The second-order valence-electron chi connectivity index (χ2n) is 5.20. The summed E-state index contributed by atoms with van der Waals surface area (Å²) in [6.07, 6.45) is -0.326. The van der Waals surface area contributed by atoms with E-state index in [1.807, 2.05) is 0 Å². The molecule has 0 aliphatic carbocycles. The van der Waals surface area contributed by atoms with Gasteiger partial charge in [-0.3, -0.25) is 0 Å². The number of halogens is 4. The lowest BCUT2D eigenvalue weighted by Crippen LogP contribution is -2.42. The van der Waals surface area contributed by atoms with Crippen LogP contribution >= 0.6 is 34.8 Å². The molecule has 0 saturated carbocycles. The highest BCUT2D eigenvalue weighted by atomic mass is 35.5. The lowest BCUT2D eigenvalue weighted by molar-refractivity contribution is 0.226. The molecule has 0 fully saturated rings. The number of hydrogen-bond donors (Lipinski definition) is 1. The van der Waals surface area contributed by atoms with Crippen molar-refractivity contribution >= 4 is 61.3 Å².